The summed E-state index contributed by atoms with van der Waals surface area (Å²) in [6.07, 6.45) is 4.68. The molecule has 0 heterocycles. The Morgan fingerprint density at radius 2 is 2.24 bits per heavy atom. The zero-order valence-corrected chi connectivity index (χ0v) is 14.6. The van der Waals surface area contributed by atoms with E-state index in [9.17, 15) is 4.79 Å². The minimum Gasteiger partial charge on any atom is -0.496 e. The van der Waals surface area contributed by atoms with Crippen LogP contribution in [0.2, 0.25) is 0 Å². The van der Waals surface area contributed by atoms with E-state index in [4.69, 9.17) is 4.74 Å². The predicted octanol–water partition coefficient (Wildman–Crippen LogP) is 4.09. The third kappa shape index (κ3) is 4.73. The molecule has 21 heavy (non-hydrogen) atoms. The van der Waals surface area contributed by atoms with Gasteiger partial charge in [0.25, 0.3) is 0 Å². The summed E-state index contributed by atoms with van der Waals surface area (Å²) in [5, 5.41) is 3.17. The molecule has 3 nitrogen and oxygen atoms in total. The monoisotopic (exact) mass is 353 g/mol. The van der Waals surface area contributed by atoms with E-state index >= 15 is 0 Å². The highest BCUT2D eigenvalue weighted by Crippen LogP contribution is 2.36. The van der Waals surface area contributed by atoms with Gasteiger partial charge in [-0.25, -0.2) is 0 Å². The van der Waals surface area contributed by atoms with Crippen LogP contribution in [0.4, 0.5) is 0 Å². The minimum atomic E-state index is 0.157. The zero-order valence-electron chi connectivity index (χ0n) is 13.0. The molecule has 0 spiro atoms. The number of nitrogens with one attached hydrogen (secondary N) is 1. The molecule has 1 fully saturated rings. The number of aryl methyl sites for hydroxylation is 1. The molecule has 1 saturated carbocycles. The molecule has 0 bridgehead atoms. The zero-order chi connectivity index (χ0) is 15.5. The molecule has 4 heteroatoms. The standard InChI is InChI=1S/C17H24BrNO2/c1-17(2)9-8-13(11-17)19-16(20)7-5-12-4-6-15(21-3)14(18)10-12/h4,6,10,13H,5,7-9,11H2,1-3H3,(H,19,20). The van der Waals surface area contributed by atoms with Crippen molar-refractivity contribution in [3.8, 4) is 5.75 Å². The summed E-state index contributed by atoms with van der Waals surface area (Å²) < 4.78 is 6.14. The van der Waals surface area contributed by atoms with Crippen molar-refractivity contribution >= 4 is 21.8 Å². The van der Waals surface area contributed by atoms with Crippen LogP contribution in [0.5, 0.6) is 5.75 Å². The van der Waals surface area contributed by atoms with Gasteiger partial charge in [0.2, 0.25) is 5.91 Å². The van der Waals surface area contributed by atoms with Gasteiger partial charge in [0, 0.05) is 12.5 Å². The molecule has 1 amide bonds. The van der Waals surface area contributed by atoms with Crippen molar-refractivity contribution in [2.24, 2.45) is 5.41 Å². The van der Waals surface area contributed by atoms with Crippen molar-refractivity contribution in [3.63, 3.8) is 0 Å². The Kier molecular flexibility index (Phi) is 5.31. The molecule has 2 rings (SSSR count). The Morgan fingerprint density at radius 3 is 2.81 bits per heavy atom. The molecule has 1 aromatic carbocycles. The van der Waals surface area contributed by atoms with E-state index in [2.05, 4.69) is 35.1 Å². The largest absolute Gasteiger partial charge is 0.496 e. The first-order valence-electron chi connectivity index (χ1n) is 7.51. The van der Waals surface area contributed by atoms with Crippen LogP contribution >= 0.6 is 15.9 Å². The van der Waals surface area contributed by atoms with E-state index in [-0.39, 0.29) is 5.91 Å². The predicted molar refractivity (Wildman–Crippen MR) is 88.6 cm³/mol. The van der Waals surface area contributed by atoms with Crippen LogP contribution in [0.3, 0.4) is 0 Å². The summed E-state index contributed by atoms with van der Waals surface area (Å²) in [5.74, 6) is 0.973. The molecular weight excluding hydrogens is 330 g/mol. The Balaban J connectivity index is 1.80. The summed E-state index contributed by atoms with van der Waals surface area (Å²) >= 11 is 3.47. The average molecular weight is 354 g/mol. The van der Waals surface area contributed by atoms with Crippen molar-refractivity contribution < 1.29 is 9.53 Å². The molecule has 116 valence electrons. The number of methoxy groups -OCH3 is 1. The van der Waals surface area contributed by atoms with Crippen LogP contribution < -0.4 is 10.1 Å². The van der Waals surface area contributed by atoms with Gasteiger partial charge in [-0.1, -0.05) is 19.9 Å². The van der Waals surface area contributed by atoms with Crippen LogP contribution in [0.15, 0.2) is 22.7 Å². The summed E-state index contributed by atoms with van der Waals surface area (Å²) in [4.78, 5) is 12.0. The number of ether oxygens (including phenoxy) is 1. The number of hydrogen-bond donors (Lipinski definition) is 1. The van der Waals surface area contributed by atoms with Crippen LogP contribution in [0.25, 0.3) is 0 Å². The SMILES string of the molecule is COc1ccc(CCC(=O)NC2CCC(C)(C)C2)cc1Br. The lowest BCUT2D eigenvalue weighted by atomic mass is 9.92. The highest BCUT2D eigenvalue weighted by Gasteiger charge is 2.31. The maximum Gasteiger partial charge on any atom is 0.220 e. The maximum atomic E-state index is 12.0. The highest BCUT2D eigenvalue weighted by molar-refractivity contribution is 9.10. The van der Waals surface area contributed by atoms with E-state index in [1.807, 2.05) is 18.2 Å². The first-order chi connectivity index (χ1) is 9.89. The molecule has 0 saturated heterocycles. The van der Waals surface area contributed by atoms with Gasteiger partial charge in [-0.3, -0.25) is 4.79 Å². The normalized spacial score (nSPS) is 20.3. The van der Waals surface area contributed by atoms with Crippen molar-refractivity contribution in [2.75, 3.05) is 7.11 Å². The Bertz CT molecular complexity index is 514. The van der Waals surface area contributed by atoms with E-state index in [0.717, 1.165) is 35.0 Å². The lowest BCUT2D eigenvalue weighted by Crippen LogP contribution is -2.33. The molecular formula is C17H24BrNO2. The Morgan fingerprint density at radius 1 is 1.48 bits per heavy atom. The second-order valence-electron chi connectivity index (χ2n) is 6.64. The first-order valence-corrected chi connectivity index (χ1v) is 8.31. The van der Waals surface area contributed by atoms with Gasteiger partial charge in [-0.2, -0.15) is 0 Å². The molecule has 0 aliphatic heterocycles. The van der Waals surface area contributed by atoms with E-state index < -0.39 is 0 Å². The van der Waals surface area contributed by atoms with Crippen LogP contribution in [0.1, 0.15) is 45.1 Å². The maximum absolute atomic E-state index is 12.0. The quantitative estimate of drug-likeness (QED) is 0.865. The number of rotatable bonds is 5. The molecule has 1 atom stereocenters. The van der Waals surface area contributed by atoms with Crippen LogP contribution in [0, 0.1) is 5.41 Å². The molecule has 1 aliphatic carbocycles. The van der Waals surface area contributed by atoms with E-state index in [1.54, 1.807) is 7.11 Å². The highest BCUT2D eigenvalue weighted by atomic mass is 79.9. The van der Waals surface area contributed by atoms with E-state index in [1.165, 1.54) is 6.42 Å². The number of amides is 1. The fourth-order valence-corrected chi connectivity index (χ4v) is 3.57. The summed E-state index contributed by atoms with van der Waals surface area (Å²) in [7, 11) is 1.65. The average Bonchev–Trinajstić information content (AvgIpc) is 2.75. The minimum absolute atomic E-state index is 0.157. The Hall–Kier alpha value is -1.03. The fraction of sp³-hybridized carbons (Fsp3) is 0.588. The number of carbonyl (C=O) groups excluding carboxylic acids is 1. The van der Waals surface area contributed by atoms with Crippen molar-refractivity contribution in [1.29, 1.82) is 0 Å². The van der Waals surface area contributed by atoms with Gasteiger partial charge in [-0.15, -0.1) is 0 Å². The van der Waals surface area contributed by atoms with Gasteiger partial charge in [0.05, 0.1) is 11.6 Å². The van der Waals surface area contributed by atoms with Gasteiger partial charge in [0.1, 0.15) is 5.75 Å². The van der Waals surface area contributed by atoms with Crippen molar-refractivity contribution in [2.45, 2.75) is 52.0 Å². The van der Waals surface area contributed by atoms with Crippen molar-refractivity contribution in [1.82, 2.24) is 5.32 Å². The number of carbonyl (C=O) groups is 1. The van der Waals surface area contributed by atoms with Crippen LogP contribution in [-0.2, 0) is 11.2 Å². The summed E-state index contributed by atoms with van der Waals surface area (Å²) in [6.45, 7) is 4.54. The molecule has 1 aliphatic rings. The third-order valence-electron chi connectivity index (χ3n) is 4.19. The first kappa shape index (κ1) is 16.3. The number of benzene rings is 1. The topological polar surface area (TPSA) is 38.3 Å². The summed E-state index contributed by atoms with van der Waals surface area (Å²) in [5.41, 5.74) is 1.52. The van der Waals surface area contributed by atoms with Gasteiger partial charge >= 0.3 is 0 Å². The second-order valence-corrected chi connectivity index (χ2v) is 7.49. The lowest BCUT2D eigenvalue weighted by Gasteiger charge is -2.17. The second kappa shape index (κ2) is 6.82. The Labute approximate surface area is 135 Å². The van der Waals surface area contributed by atoms with Gasteiger partial charge in [0.15, 0.2) is 0 Å². The summed E-state index contributed by atoms with van der Waals surface area (Å²) in [6, 6.07) is 6.31. The lowest BCUT2D eigenvalue weighted by molar-refractivity contribution is -0.121. The third-order valence-corrected chi connectivity index (χ3v) is 4.81. The van der Waals surface area contributed by atoms with Crippen LogP contribution in [-0.4, -0.2) is 19.1 Å². The molecule has 1 aromatic rings. The molecule has 0 radical (unpaired) electrons. The number of hydrogen-bond acceptors (Lipinski definition) is 2. The smallest absolute Gasteiger partial charge is 0.220 e. The van der Waals surface area contributed by atoms with Gasteiger partial charge < -0.3 is 10.1 Å². The van der Waals surface area contributed by atoms with Gasteiger partial charge in [-0.05, 0) is 64.7 Å². The molecule has 0 aromatic heterocycles. The fourth-order valence-electron chi connectivity index (χ4n) is 2.98. The number of halogens is 1. The van der Waals surface area contributed by atoms with Crippen molar-refractivity contribution in [3.05, 3.63) is 28.2 Å². The molecule has 1 N–H and O–H groups in total. The molecule has 1 unspecified atom stereocenters. The van der Waals surface area contributed by atoms with E-state index in [0.29, 0.717) is 17.9 Å².